The Kier molecular flexibility index (Phi) is 8.15. The van der Waals surface area contributed by atoms with Gasteiger partial charge < -0.3 is 30.2 Å². The van der Waals surface area contributed by atoms with Gasteiger partial charge in [-0.05, 0) is 73.2 Å². The van der Waals surface area contributed by atoms with Gasteiger partial charge in [-0.15, -0.1) is 12.2 Å². The van der Waals surface area contributed by atoms with Crippen LogP contribution in [-0.2, 0) is 0 Å². The molecule has 3 unspecified atom stereocenters. The summed E-state index contributed by atoms with van der Waals surface area (Å²) in [5.74, 6) is -2.07. The van der Waals surface area contributed by atoms with E-state index in [1.807, 2.05) is 61.2 Å². The van der Waals surface area contributed by atoms with Crippen molar-refractivity contribution in [3.05, 3.63) is 106 Å². The van der Waals surface area contributed by atoms with E-state index in [0.717, 1.165) is 18.8 Å². The molecule has 0 amide bonds. The molecule has 4 aromatic carbocycles. The van der Waals surface area contributed by atoms with Gasteiger partial charge in [0.2, 0.25) is 0 Å². The highest BCUT2D eigenvalue weighted by molar-refractivity contribution is 6.35. The molecule has 4 atom stereocenters. The Labute approximate surface area is 244 Å². The van der Waals surface area contributed by atoms with Crippen LogP contribution in [-0.4, -0.2) is 35.5 Å². The van der Waals surface area contributed by atoms with Crippen LogP contribution in [0.5, 0.6) is 11.5 Å². The average Bonchev–Trinajstić information content (AvgIpc) is 2.94. The van der Waals surface area contributed by atoms with E-state index in [-0.39, 0.29) is 17.1 Å². The normalized spacial score (nSPS) is 20.1. The largest absolute Gasteiger partial charge is 0.851 e. The zero-order valence-electron chi connectivity index (χ0n) is 22.2. The second-order valence-electron chi connectivity index (χ2n) is 9.88. The Hall–Kier alpha value is -3.42. The summed E-state index contributed by atoms with van der Waals surface area (Å²) in [6.45, 7) is 5.59. The van der Waals surface area contributed by atoms with Crippen LogP contribution in [0.2, 0.25) is 10.0 Å². The van der Waals surface area contributed by atoms with Gasteiger partial charge in [0.15, 0.2) is 0 Å². The van der Waals surface area contributed by atoms with Gasteiger partial charge in [-0.25, -0.2) is 0 Å². The van der Waals surface area contributed by atoms with Crippen LogP contribution in [0, 0.1) is 0 Å². The molecule has 8 heteroatoms. The number of rotatable bonds is 8. The fraction of sp³-hybridized carbons (Fsp3) is 0.250. The van der Waals surface area contributed by atoms with Crippen molar-refractivity contribution in [2.45, 2.75) is 37.9 Å². The molecule has 0 saturated heterocycles. The second-order valence-corrected chi connectivity index (χ2v) is 10.7. The highest BCUT2D eigenvalue weighted by atomic mass is 35.5. The van der Waals surface area contributed by atoms with Gasteiger partial charge in [-0.3, -0.25) is 0 Å². The van der Waals surface area contributed by atoms with E-state index >= 15 is 0 Å². The molecule has 5 rings (SSSR count). The second kappa shape index (κ2) is 11.6. The number of halogens is 2. The number of para-hydroxylation sites is 2. The summed E-state index contributed by atoms with van der Waals surface area (Å²) in [5.41, 5.74) is 3.35. The fourth-order valence-corrected chi connectivity index (χ4v) is 6.05. The fourth-order valence-electron chi connectivity index (χ4n) is 5.61. The third-order valence-corrected chi connectivity index (χ3v) is 8.37. The third kappa shape index (κ3) is 4.97. The third-order valence-electron chi connectivity index (χ3n) is 7.74. The minimum atomic E-state index is -1.31. The Morgan fingerprint density at radius 2 is 1.07 bits per heavy atom. The topological polar surface area (TPSA) is 93.1 Å². The zero-order chi connectivity index (χ0) is 28.6. The lowest BCUT2D eigenvalue weighted by atomic mass is 9.63. The number of phenolic OH excluding ortho intramolecular Hbond substituents is 2. The molecule has 0 bridgehead atoms. The molecule has 1 saturated carbocycles. The van der Waals surface area contributed by atoms with E-state index in [1.54, 1.807) is 36.4 Å². The standard InChI is InChI=1S/C32H30Cl2N2O4/c1-3-35(4-2)19-13-15-21(27(37)17-19)29-31(39)30(32(29)40)22-16-14-20(18-28(22)38)36(25-11-7-5-9-23(25)33)26-12-8-6-10-24(26)34/h5-18,29-32,37-38H,3-4H2,1-2H3/q-2/t29?,30?,31-,32?/m0/s1. The molecule has 1 aliphatic rings. The molecule has 1 fully saturated rings. The molecule has 0 aromatic heterocycles. The number of hydrogen-bond donors (Lipinski definition) is 2. The first-order valence-corrected chi connectivity index (χ1v) is 14.0. The van der Waals surface area contributed by atoms with E-state index in [2.05, 4.69) is 4.90 Å². The molecular weight excluding hydrogens is 547 g/mol. The SMILES string of the molecule is CCN(CC)c1ccc(C2C([O-])C(c3ccc(N(c4ccccc4Cl)c4ccccc4Cl)cc3O)[C@H]2[O-])c(O)c1. The quantitative estimate of drug-likeness (QED) is 0.265. The van der Waals surface area contributed by atoms with Gasteiger partial charge in [0.1, 0.15) is 11.5 Å². The Bertz CT molecular complexity index is 1450. The van der Waals surface area contributed by atoms with Crippen molar-refractivity contribution in [2.75, 3.05) is 22.9 Å². The molecule has 0 spiro atoms. The van der Waals surface area contributed by atoms with Crippen molar-refractivity contribution in [2.24, 2.45) is 0 Å². The van der Waals surface area contributed by atoms with Gasteiger partial charge in [0.25, 0.3) is 0 Å². The van der Waals surface area contributed by atoms with Crippen LogP contribution in [0.3, 0.4) is 0 Å². The lowest BCUT2D eigenvalue weighted by molar-refractivity contribution is -0.536. The van der Waals surface area contributed by atoms with E-state index in [4.69, 9.17) is 23.2 Å². The average molecular weight is 578 g/mol. The number of nitrogens with zero attached hydrogens (tertiary/aromatic N) is 2. The monoisotopic (exact) mass is 576 g/mol. The maximum absolute atomic E-state index is 13.4. The maximum Gasteiger partial charge on any atom is 0.121 e. The van der Waals surface area contributed by atoms with Gasteiger partial charge >= 0.3 is 0 Å². The van der Waals surface area contributed by atoms with Gasteiger partial charge in [0, 0.05) is 36.6 Å². The molecule has 1 aliphatic carbocycles. The number of benzene rings is 4. The van der Waals surface area contributed by atoms with Gasteiger partial charge in [-0.1, -0.05) is 59.6 Å². The van der Waals surface area contributed by atoms with E-state index < -0.39 is 24.0 Å². The van der Waals surface area contributed by atoms with Crippen molar-refractivity contribution in [1.82, 2.24) is 0 Å². The molecular formula is C32H30Cl2N2O4-2. The smallest absolute Gasteiger partial charge is 0.121 e. The summed E-state index contributed by atoms with van der Waals surface area (Å²) < 4.78 is 0. The first-order chi connectivity index (χ1) is 19.3. The minimum Gasteiger partial charge on any atom is -0.851 e. The molecule has 208 valence electrons. The van der Waals surface area contributed by atoms with Crippen LogP contribution in [0.25, 0.3) is 0 Å². The molecule has 0 aliphatic heterocycles. The number of anilines is 4. The van der Waals surface area contributed by atoms with E-state index in [1.165, 1.54) is 6.07 Å². The number of aromatic hydroxyl groups is 2. The van der Waals surface area contributed by atoms with Crippen molar-refractivity contribution in [3.63, 3.8) is 0 Å². The first-order valence-electron chi connectivity index (χ1n) is 13.3. The van der Waals surface area contributed by atoms with Crippen molar-refractivity contribution >= 4 is 46.0 Å². The maximum atomic E-state index is 13.4. The lowest BCUT2D eigenvalue weighted by Crippen LogP contribution is -2.63. The lowest BCUT2D eigenvalue weighted by Gasteiger charge is -2.61. The van der Waals surface area contributed by atoms with Crippen LogP contribution in [0.4, 0.5) is 22.7 Å². The summed E-state index contributed by atoms with van der Waals surface area (Å²) >= 11 is 13.1. The predicted molar refractivity (Wildman–Crippen MR) is 158 cm³/mol. The summed E-state index contributed by atoms with van der Waals surface area (Å²) in [4.78, 5) is 3.89. The Balaban J connectivity index is 1.46. The van der Waals surface area contributed by atoms with Crippen LogP contribution in [0.1, 0.15) is 36.8 Å². The molecule has 4 aromatic rings. The summed E-state index contributed by atoms with van der Waals surface area (Å²) in [6, 6.07) is 24.5. The molecule has 6 nitrogen and oxygen atoms in total. The van der Waals surface area contributed by atoms with Crippen molar-refractivity contribution in [3.8, 4) is 11.5 Å². The first kappa shape index (κ1) is 28.1. The van der Waals surface area contributed by atoms with Crippen LogP contribution in [0.15, 0.2) is 84.9 Å². The molecule has 40 heavy (non-hydrogen) atoms. The summed E-state index contributed by atoms with van der Waals surface area (Å²) in [7, 11) is 0. The van der Waals surface area contributed by atoms with Gasteiger partial charge in [0.05, 0.1) is 21.4 Å². The summed E-state index contributed by atoms with van der Waals surface area (Å²) in [5, 5.41) is 49.5. The van der Waals surface area contributed by atoms with Gasteiger partial charge in [-0.2, -0.15) is 0 Å². The van der Waals surface area contributed by atoms with E-state index in [0.29, 0.717) is 32.7 Å². The molecule has 2 N–H and O–H groups in total. The predicted octanol–water partition coefficient (Wildman–Crippen LogP) is 6.06. The van der Waals surface area contributed by atoms with Crippen molar-refractivity contribution in [1.29, 1.82) is 0 Å². The Morgan fingerprint density at radius 3 is 1.50 bits per heavy atom. The van der Waals surface area contributed by atoms with Crippen LogP contribution < -0.4 is 20.0 Å². The number of phenols is 2. The minimum absolute atomic E-state index is 0.0516. The number of hydrogen-bond acceptors (Lipinski definition) is 6. The van der Waals surface area contributed by atoms with Crippen LogP contribution >= 0.6 is 23.2 Å². The summed E-state index contributed by atoms with van der Waals surface area (Å²) in [6.07, 6.45) is -2.62. The highest BCUT2D eigenvalue weighted by Crippen LogP contribution is 2.51. The van der Waals surface area contributed by atoms with Crippen molar-refractivity contribution < 1.29 is 20.4 Å². The molecule has 0 heterocycles. The van der Waals surface area contributed by atoms with E-state index in [9.17, 15) is 20.4 Å². The highest BCUT2D eigenvalue weighted by Gasteiger charge is 2.41. The molecule has 0 radical (unpaired) electrons. The Morgan fingerprint density at radius 1 is 0.650 bits per heavy atom. The zero-order valence-corrected chi connectivity index (χ0v) is 23.7.